The summed E-state index contributed by atoms with van der Waals surface area (Å²) in [6, 6.07) is 0. The molecule has 0 atom stereocenters. The SMILES string of the molecule is CC(C)=CCCC(C)=CCCC(C)=CCCC(C)=CCCC(N)=O. The number of amides is 1. The van der Waals surface area contributed by atoms with E-state index in [9.17, 15) is 4.79 Å². The van der Waals surface area contributed by atoms with Gasteiger partial charge in [-0.1, -0.05) is 46.6 Å². The largest absolute Gasteiger partial charge is 0.370 e. The summed E-state index contributed by atoms with van der Waals surface area (Å²) in [6.45, 7) is 10.9. The van der Waals surface area contributed by atoms with Gasteiger partial charge < -0.3 is 5.73 Å². The van der Waals surface area contributed by atoms with Crippen molar-refractivity contribution in [1.29, 1.82) is 0 Å². The highest BCUT2D eigenvalue weighted by atomic mass is 16.1. The monoisotopic (exact) mass is 331 g/mol. The first kappa shape index (κ1) is 22.4. The van der Waals surface area contributed by atoms with Gasteiger partial charge >= 0.3 is 0 Å². The lowest BCUT2D eigenvalue weighted by molar-refractivity contribution is -0.117. The Morgan fingerprint density at radius 2 is 0.958 bits per heavy atom. The Morgan fingerprint density at radius 3 is 1.29 bits per heavy atom. The highest BCUT2D eigenvalue weighted by molar-refractivity contribution is 5.73. The Bertz CT molecular complexity index is 488. The average Bonchev–Trinajstić information content (AvgIpc) is 2.46. The van der Waals surface area contributed by atoms with Gasteiger partial charge in [-0.15, -0.1) is 0 Å². The second-order valence-corrected chi connectivity index (χ2v) is 7.05. The van der Waals surface area contributed by atoms with Gasteiger partial charge in [-0.05, 0) is 79.6 Å². The van der Waals surface area contributed by atoms with Crippen molar-refractivity contribution in [1.82, 2.24) is 0 Å². The number of nitrogens with two attached hydrogens (primary N) is 1. The quantitative estimate of drug-likeness (QED) is 0.413. The molecule has 2 N–H and O–H groups in total. The van der Waals surface area contributed by atoms with E-state index in [1.165, 1.54) is 28.7 Å². The molecule has 136 valence electrons. The summed E-state index contributed by atoms with van der Waals surface area (Å²) in [7, 11) is 0. The lowest BCUT2D eigenvalue weighted by Gasteiger charge is -2.02. The van der Waals surface area contributed by atoms with Crippen molar-refractivity contribution >= 4 is 5.91 Å². The topological polar surface area (TPSA) is 43.1 Å². The minimum Gasteiger partial charge on any atom is -0.370 e. The zero-order chi connectivity index (χ0) is 18.4. The molecule has 0 rings (SSSR count). The van der Waals surface area contributed by atoms with Crippen molar-refractivity contribution < 1.29 is 4.79 Å². The lowest BCUT2D eigenvalue weighted by Crippen LogP contribution is -2.08. The third kappa shape index (κ3) is 15.3. The van der Waals surface area contributed by atoms with Crippen LogP contribution >= 0.6 is 0 Å². The summed E-state index contributed by atoms with van der Waals surface area (Å²) in [5.74, 6) is -0.223. The van der Waals surface area contributed by atoms with Crippen LogP contribution in [0.1, 0.15) is 86.0 Å². The van der Waals surface area contributed by atoms with Crippen LogP contribution in [0, 0.1) is 0 Å². The molecule has 24 heavy (non-hydrogen) atoms. The van der Waals surface area contributed by atoms with E-state index in [-0.39, 0.29) is 5.91 Å². The molecule has 2 heteroatoms. The molecule has 0 heterocycles. The Labute approximate surface area is 149 Å². The maximum absolute atomic E-state index is 10.7. The Balaban J connectivity index is 3.98. The summed E-state index contributed by atoms with van der Waals surface area (Å²) >= 11 is 0. The molecule has 0 aliphatic heterocycles. The second kappa shape index (κ2) is 13.8. The van der Waals surface area contributed by atoms with E-state index in [2.05, 4.69) is 58.9 Å². The van der Waals surface area contributed by atoms with Crippen LogP contribution in [0.4, 0.5) is 0 Å². The summed E-state index contributed by atoms with van der Waals surface area (Å²) in [5, 5.41) is 0. The summed E-state index contributed by atoms with van der Waals surface area (Å²) in [5.41, 5.74) is 10.8. The van der Waals surface area contributed by atoms with Crippen molar-refractivity contribution in [3.05, 3.63) is 46.6 Å². The van der Waals surface area contributed by atoms with Crippen LogP contribution in [0.15, 0.2) is 46.6 Å². The second-order valence-electron chi connectivity index (χ2n) is 7.05. The van der Waals surface area contributed by atoms with Crippen LogP contribution < -0.4 is 5.73 Å². The van der Waals surface area contributed by atoms with Crippen molar-refractivity contribution in [2.75, 3.05) is 0 Å². The van der Waals surface area contributed by atoms with Crippen molar-refractivity contribution in [3.63, 3.8) is 0 Å². The Morgan fingerprint density at radius 1 is 0.625 bits per heavy atom. The minimum absolute atomic E-state index is 0.223. The fraction of sp³-hybridized carbons (Fsp3) is 0.591. The predicted molar refractivity (Wildman–Crippen MR) is 107 cm³/mol. The van der Waals surface area contributed by atoms with Gasteiger partial charge in [0.25, 0.3) is 0 Å². The first-order chi connectivity index (χ1) is 11.3. The van der Waals surface area contributed by atoms with E-state index >= 15 is 0 Å². The Kier molecular flexibility index (Phi) is 12.9. The van der Waals surface area contributed by atoms with Crippen LogP contribution in [-0.2, 0) is 4.79 Å². The van der Waals surface area contributed by atoms with Crippen LogP contribution in [0.25, 0.3) is 0 Å². The Hall–Kier alpha value is -1.57. The third-order valence-electron chi connectivity index (χ3n) is 4.04. The molecule has 0 spiro atoms. The molecule has 0 fully saturated rings. The van der Waals surface area contributed by atoms with Crippen LogP contribution in [0.5, 0.6) is 0 Å². The molecule has 0 aliphatic rings. The molecule has 0 unspecified atom stereocenters. The number of primary amides is 1. The lowest BCUT2D eigenvalue weighted by atomic mass is 10.0. The molecule has 0 aromatic carbocycles. The highest BCUT2D eigenvalue weighted by Crippen LogP contribution is 2.13. The molecular formula is C22H37NO. The summed E-state index contributed by atoms with van der Waals surface area (Å²) in [4.78, 5) is 10.7. The number of allylic oxidation sites excluding steroid dienone is 8. The zero-order valence-corrected chi connectivity index (χ0v) is 16.5. The number of hydrogen-bond acceptors (Lipinski definition) is 1. The van der Waals surface area contributed by atoms with E-state index < -0.39 is 0 Å². The average molecular weight is 332 g/mol. The molecule has 0 aromatic rings. The van der Waals surface area contributed by atoms with Gasteiger partial charge in [0.2, 0.25) is 5.91 Å². The van der Waals surface area contributed by atoms with Gasteiger partial charge in [0.05, 0.1) is 0 Å². The fourth-order valence-electron chi connectivity index (χ4n) is 2.45. The minimum atomic E-state index is -0.223. The van der Waals surface area contributed by atoms with Gasteiger partial charge in [-0.25, -0.2) is 0 Å². The molecule has 1 amide bonds. The number of hydrogen-bond donors (Lipinski definition) is 1. The maximum Gasteiger partial charge on any atom is 0.217 e. The van der Waals surface area contributed by atoms with Crippen molar-refractivity contribution in [3.8, 4) is 0 Å². The van der Waals surface area contributed by atoms with Gasteiger partial charge in [-0.3, -0.25) is 4.79 Å². The number of carbonyl (C=O) groups is 1. The first-order valence-corrected chi connectivity index (χ1v) is 9.19. The van der Waals surface area contributed by atoms with E-state index in [0.717, 1.165) is 38.5 Å². The molecule has 0 saturated carbocycles. The molecule has 0 aromatic heterocycles. The number of carbonyl (C=O) groups excluding carboxylic acids is 1. The highest BCUT2D eigenvalue weighted by Gasteiger charge is 1.95. The maximum atomic E-state index is 10.7. The fourth-order valence-corrected chi connectivity index (χ4v) is 2.45. The third-order valence-corrected chi connectivity index (χ3v) is 4.04. The van der Waals surface area contributed by atoms with E-state index in [0.29, 0.717) is 6.42 Å². The van der Waals surface area contributed by atoms with E-state index in [4.69, 9.17) is 5.73 Å². The normalized spacial score (nSPS) is 13.1. The molecular weight excluding hydrogens is 294 g/mol. The molecule has 0 bridgehead atoms. The molecule has 0 radical (unpaired) electrons. The van der Waals surface area contributed by atoms with Crippen LogP contribution in [0.3, 0.4) is 0 Å². The number of rotatable bonds is 12. The standard InChI is InChI=1S/C22H37NO/c1-18(2)10-6-11-19(3)12-7-13-20(4)14-8-15-21(5)16-9-17-22(23)24/h10,12,14,16H,6-9,11,13,15,17H2,1-5H3,(H2,23,24). The predicted octanol–water partition coefficient (Wildman–Crippen LogP) is 6.40. The van der Waals surface area contributed by atoms with Gasteiger partial charge in [0.15, 0.2) is 0 Å². The van der Waals surface area contributed by atoms with Crippen LogP contribution in [0.2, 0.25) is 0 Å². The summed E-state index contributed by atoms with van der Waals surface area (Å²) < 4.78 is 0. The first-order valence-electron chi connectivity index (χ1n) is 9.19. The van der Waals surface area contributed by atoms with Gasteiger partial charge in [0.1, 0.15) is 0 Å². The van der Waals surface area contributed by atoms with Gasteiger partial charge in [0, 0.05) is 6.42 Å². The smallest absolute Gasteiger partial charge is 0.217 e. The van der Waals surface area contributed by atoms with Crippen molar-refractivity contribution in [2.24, 2.45) is 5.73 Å². The van der Waals surface area contributed by atoms with Crippen LogP contribution in [-0.4, -0.2) is 5.91 Å². The summed E-state index contributed by atoms with van der Waals surface area (Å²) in [6.07, 6.45) is 17.1. The molecule has 2 nitrogen and oxygen atoms in total. The van der Waals surface area contributed by atoms with E-state index in [1.807, 2.05) is 0 Å². The molecule has 0 saturated heterocycles. The van der Waals surface area contributed by atoms with E-state index in [1.54, 1.807) is 0 Å². The van der Waals surface area contributed by atoms with Crippen molar-refractivity contribution in [2.45, 2.75) is 86.0 Å². The molecule has 0 aliphatic carbocycles. The zero-order valence-electron chi connectivity index (χ0n) is 16.5. The van der Waals surface area contributed by atoms with Gasteiger partial charge in [-0.2, -0.15) is 0 Å².